The monoisotopic (exact) mass is 481 g/mol. The van der Waals surface area contributed by atoms with E-state index in [1.165, 1.54) is 32.7 Å². The topological polar surface area (TPSA) is 61.4 Å². The summed E-state index contributed by atoms with van der Waals surface area (Å²) >= 11 is 0. The molecule has 4 saturated heterocycles. The number of rotatable bonds is 9. The van der Waals surface area contributed by atoms with Gasteiger partial charge in [-0.2, -0.15) is 0 Å². The average Bonchev–Trinajstić information content (AvgIpc) is 3.17. The summed E-state index contributed by atoms with van der Waals surface area (Å²) in [4.78, 5) is 9.96. The van der Waals surface area contributed by atoms with Crippen molar-refractivity contribution < 1.29 is 9.47 Å². The van der Waals surface area contributed by atoms with Gasteiger partial charge in [0, 0.05) is 71.0 Å². The summed E-state index contributed by atoms with van der Waals surface area (Å²) < 4.78 is 11.1. The molecule has 2 bridgehead atoms. The number of nitrogens with one attached hydrogen (secondary N) is 2. The van der Waals surface area contributed by atoms with Crippen molar-refractivity contribution in [1.29, 1.82) is 0 Å². The minimum Gasteiger partial charge on any atom is -0.381 e. The van der Waals surface area contributed by atoms with Gasteiger partial charge in [0.05, 0.1) is 19.8 Å². The zero-order chi connectivity index (χ0) is 17.3. The molecule has 0 saturated carbocycles. The number of hydrogen-bond acceptors (Lipinski definition) is 5. The van der Waals surface area contributed by atoms with Crippen LogP contribution in [-0.4, -0.2) is 101 Å². The molecule has 2 atom stereocenters. The van der Waals surface area contributed by atoms with Crippen LogP contribution in [0.5, 0.6) is 0 Å². The number of halogens is 1. The van der Waals surface area contributed by atoms with Crippen LogP contribution >= 0.6 is 24.0 Å². The highest BCUT2D eigenvalue weighted by molar-refractivity contribution is 14.0. The van der Waals surface area contributed by atoms with Crippen LogP contribution in [0.4, 0.5) is 0 Å². The molecule has 0 amide bonds. The van der Waals surface area contributed by atoms with Crippen LogP contribution in [-0.2, 0) is 9.47 Å². The SMILES string of the molecule is CCNC(=NCC1CN2CCN1CC2)NCCCOCC1CCOC1.I. The largest absolute Gasteiger partial charge is 0.381 e. The first-order valence-corrected chi connectivity index (χ1v) is 9.99. The minimum atomic E-state index is 0. The average molecular weight is 481 g/mol. The van der Waals surface area contributed by atoms with Gasteiger partial charge in [0.1, 0.15) is 0 Å². The Morgan fingerprint density at radius 3 is 2.73 bits per heavy atom. The Bertz CT molecular complexity index is 412. The maximum Gasteiger partial charge on any atom is 0.191 e. The molecular weight excluding hydrogens is 445 g/mol. The van der Waals surface area contributed by atoms with Crippen LogP contribution in [0.3, 0.4) is 0 Å². The van der Waals surface area contributed by atoms with Gasteiger partial charge in [-0.05, 0) is 19.8 Å². The number of fused-ring (bicyclic) bond motifs is 3. The Labute approximate surface area is 175 Å². The molecule has 8 heteroatoms. The molecular formula is C18H36IN5O2. The molecule has 4 aliphatic rings. The molecule has 4 fully saturated rings. The summed E-state index contributed by atoms with van der Waals surface area (Å²) in [5, 5.41) is 6.79. The highest BCUT2D eigenvalue weighted by Crippen LogP contribution is 2.15. The van der Waals surface area contributed by atoms with E-state index in [0.717, 1.165) is 64.9 Å². The Hall–Kier alpha value is -0.160. The van der Waals surface area contributed by atoms with E-state index < -0.39 is 0 Å². The van der Waals surface area contributed by atoms with E-state index in [-0.39, 0.29) is 24.0 Å². The van der Waals surface area contributed by atoms with Gasteiger partial charge >= 0.3 is 0 Å². The van der Waals surface area contributed by atoms with Gasteiger partial charge in [0.25, 0.3) is 0 Å². The lowest BCUT2D eigenvalue weighted by Crippen LogP contribution is -2.62. The van der Waals surface area contributed by atoms with Crippen LogP contribution in [0.2, 0.25) is 0 Å². The van der Waals surface area contributed by atoms with E-state index in [1.54, 1.807) is 0 Å². The fraction of sp³-hybridized carbons (Fsp3) is 0.944. The van der Waals surface area contributed by atoms with Crippen LogP contribution in [0, 0.1) is 5.92 Å². The Kier molecular flexibility index (Phi) is 10.5. The number of nitrogens with zero attached hydrogens (tertiary/aromatic N) is 3. The maximum atomic E-state index is 5.76. The number of ether oxygens (including phenoxy) is 2. The standard InChI is InChI=1S/C18H35N5O2.HI/c1-2-19-18(20-5-3-10-24-14-16-4-11-25-15-16)21-12-17-13-22-6-8-23(17)9-7-22;/h16-17H,2-15H2,1H3,(H2,19,20,21);1H. The molecule has 7 nitrogen and oxygen atoms in total. The van der Waals surface area contributed by atoms with E-state index in [0.29, 0.717) is 12.0 Å². The van der Waals surface area contributed by atoms with Crippen LogP contribution in [0.25, 0.3) is 0 Å². The molecule has 0 radical (unpaired) electrons. The molecule has 152 valence electrons. The molecule has 4 heterocycles. The zero-order valence-electron chi connectivity index (χ0n) is 16.1. The van der Waals surface area contributed by atoms with Gasteiger partial charge < -0.3 is 20.1 Å². The number of hydrogen-bond donors (Lipinski definition) is 2. The van der Waals surface area contributed by atoms with Crippen molar-refractivity contribution in [3.05, 3.63) is 0 Å². The molecule has 26 heavy (non-hydrogen) atoms. The normalized spacial score (nSPS) is 30.9. The third-order valence-corrected chi connectivity index (χ3v) is 5.33. The summed E-state index contributed by atoms with van der Waals surface area (Å²) in [7, 11) is 0. The second-order valence-corrected chi connectivity index (χ2v) is 7.29. The lowest BCUT2D eigenvalue weighted by molar-refractivity contribution is 0.0174. The van der Waals surface area contributed by atoms with Gasteiger partial charge in [-0.3, -0.25) is 14.8 Å². The van der Waals surface area contributed by atoms with Crippen LogP contribution in [0.15, 0.2) is 4.99 Å². The fourth-order valence-corrected chi connectivity index (χ4v) is 3.78. The highest BCUT2D eigenvalue weighted by atomic mass is 127. The lowest BCUT2D eigenvalue weighted by Gasteiger charge is -2.47. The summed E-state index contributed by atoms with van der Waals surface area (Å²) in [6.07, 6.45) is 2.15. The molecule has 0 spiro atoms. The predicted molar refractivity (Wildman–Crippen MR) is 116 cm³/mol. The highest BCUT2D eigenvalue weighted by Gasteiger charge is 2.31. The Balaban J connectivity index is 0.00000243. The van der Waals surface area contributed by atoms with E-state index >= 15 is 0 Å². The summed E-state index contributed by atoms with van der Waals surface area (Å²) in [5.74, 6) is 1.53. The van der Waals surface area contributed by atoms with Crippen LogP contribution < -0.4 is 10.6 Å². The molecule has 0 aliphatic carbocycles. The van der Waals surface area contributed by atoms with Crippen molar-refractivity contribution in [2.45, 2.75) is 25.8 Å². The molecule has 0 aromatic heterocycles. The number of aliphatic imine (C=N–C) groups is 1. The third kappa shape index (κ3) is 7.10. The van der Waals surface area contributed by atoms with Gasteiger partial charge in [0.15, 0.2) is 5.96 Å². The summed E-state index contributed by atoms with van der Waals surface area (Å²) in [5.41, 5.74) is 0. The second-order valence-electron chi connectivity index (χ2n) is 7.29. The van der Waals surface area contributed by atoms with Crippen molar-refractivity contribution in [1.82, 2.24) is 20.4 Å². The summed E-state index contributed by atoms with van der Waals surface area (Å²) in [6.45, 7) is 14.2. The van der Waals surface area contributed by atoms with Gasteiger partial charge in [-0.1, -0.05) is 0 Å². The lowest BCUT2D eigenvalue weighted by atomic mass is 10.1. The quantitative estimate of drug-likeness (QED) is 0.218. The second kappa shape index (κ2) is 12.3. The van der Waals surface area contributed by atoms with Crippen molar-refractivity contribution in [2.75, 3.05) is 78.8 Å². The zero-order valence-corrected chi connectivity index (χ0v) is 18.5. The maximum absolute atomic E-state index is 5.76. The third-order valence-electron chi connectivity index (χ3n) is 5.33. The molecule has 0 aromatic carbocycles. The van der Waals surface area contributed by atoms with Gasteiger partial charge in [-0.15, -0.1) is 24.0 Å². The first-order chi connectivity index (χ1) is 12.3. The smallest absolute Gasteiger partial charge is 0.191 e. The predicted octanol–water partition coefficient (Wildman–Crippen LogP) is 0.603. The van der Waals surface area contributed by atoms with E-state index in [9.17, 15) is 0 Å². The molecule has 4 aliphatic heterocycles. The van der Waals surface area contributed by atoms with Gasteiger partial charge in [0.2, 0.25) is 0 Å². The van der Waals surface area contributed by atoms with E-state index in [4.69, 9.17) is 14.5 Å². The first kappa shape index (κ1) is 22.1. The van der Waals surface area contributed by atoms with Crippen LogP contribution in [0.1, 0.15) is 19.8 Å². The van der Waals surface area contributed by atoms with Crippen molar-refractivity contribution in [2.24, 2.45) is 10.9 Å². The molecule has 2 N–H and O–H groups in total. The minimum absolute atomic E-state index is 0. The number of piperazine rings is 3. The molecule has 4 rings (SSSR count). The van der Waals surface area contributed by atoms with E-state index in [1.807, 2.05) is 0 Å². The molecule has 0 aromatic rings. The Morgan fingerprint density at radius 2 is 2.08 bits per heavy atom. The Morgan fingerprint density at radius 1 is 1.23 bits per heavy atom. The molecule has 2 unspecified atom stereocenters. The fourth-order valence-electron chi connectivity index (χ4n) is 3.78. The van der Waals surface area contributed by atoms with Crippen molar-refractivity contribution in [3.8, 4) is 0 Å². The first-order valence-electron chi connectivity index (χ1n) is 9.99. The summed E-state index contributed by atoms with van der Waals surface area (Å²) in [6, 6.07) is 0.579. The van der Waals surface area contributed by atoms with Crippen molar-refractivity contribution in [3.63, 3.8) is 0 Å². The van der Waals surface area contributed by atoms with Crippen molar-refractivity contribution >= 4 is 29.9 Å². The van der Waals surface area contributed by atoms with E-state index in [2.05, 4.69) is 27.4 Å². The number of guanidine groups is 1. The van der Waals surface area contributed by atoms with Gasteiger partial charge in [-0.25, -0.2) is 0 Å².